The Hall–Kier alpha value is -4.56. The normalized spacial score (nSPS) is 18.2. The van der Waals surface area contributed by atoms with Gasteiger partial charge in [0, 0.05) is 23.9 Å². The number of piperidine rings is 1. The number of ether oxygens (including phenoxy) is 2. The van der Waals surface area contributed by atoms with Crippen molar-refractivity contribution >= 4 is 46.5 Å². The Labute approximate surface area is 283 Å². The molecule has 1 aliphatic carbocycles. The number of carbonyl (C=O) groups excluding carboxylic acids is 6. The van der Waals surface area contributed by atoms with Crippen LogP contribution in [-0.2, 0) is 28.7 Å². The molecule has 2 fully saturated rings. The number of carbonyl (C=O) groups is 6. The number of benzene rings is 1. The van der Waals surface area contributed by atoms with E-state index >= 15 is 0 Å². The van der Waals surface area contributed by atoms with Gasteiger partial charge in [0.15, 0.2) is 12.4 Å². The van der Waals surface area contributed by atoms with Gasteiger partial charge in [-0.2, -0.15) is 0 Å². The molecule has 2 aliphatic rings. The Morgan fingerprint density at radius 3 is 2.31 bits per heavy atom. The lowest BCUT2D eigenvalue weighted by molar-refractivity contribution is -0.152. The Morgan fingerprint density at radius 2 is 1.67 bits per heavy atom. The number of aromatic nitrogens is 1. The van der Waals surface area contributed by atoms with Crippen LogP contribution in [0.3, 0.4) is 0 Å². The van der Waals surface area contributed by atoms with E-state index in [0.29, 0.717) is 25.5 Å². The van der Waals surface area contributed by atoms with Gasteiger partial charge >= 0.3 is 12.1 Å². The van der Waals surface area contributed by atoms with Crippen LogP contribution in [-0.4, -0.2) is 77.4 Å². The molecule has 1 saturated heterocycles. The van der Waals surface area contributed by atoms with E-state index in [1.807, 2.05) is 0 Å². The van der Waals surface area contributed by atoms with Crippen molar-refractivity contribution in [1.29, 1.82) is 0 Å². The molecule has 4 atom stereocenters. The fourth-order valence-electron chi connectivity index (χ4n) is 5.60. The minimum atomic E-state index is -1.26. The zero-order chi connectivity index (χ0) is 36.0. The second-order valence-electron chi connectivity index (χ2n) is 14.1. The fourth-order valence-corrected chi connectivity index (χ4v) is 5.60. The van der Waals surface area contributed by atoms with Crippen LogP contribution in [0.1, 0.15) is 83.6 Å². The second-order valence-corrected chi connectivity index (χ2v) is 14.1. The van der Waals surface area contributed by atoms with Gasteiger partial charge in [0.25, 0.3) is 5.91 Å². The number of hydrogen-bond acceptors (Lipinski definition) is 8. The fraction of sp³-hybridized carbons (Fsp3) is 0.588. The molecule has 3 unspecified atom stereocenters. The molecule has 1 aromatic carbocycles. The summed E-state index contributed by atoms with van der Waals surface area (Å²) in [6.45, 7) is 8.08. The van der Waals surface area contributed by atoms with Crippen LogP contribution in [0.5, 0.6) is 0 Å². The molecule has 15 heteroatoms. The monoisotopic (exact) mass is 689 g/mol. The third-order valence-corrected chi connectivity index (χ3v) is 8.35. The SMILES string of the molecule is CC(C)C(NC(=O)OC(C)(C)C)C(=O)OCC(=O)C(C[C@@H]1CCCNC1=O)NC(=O)C(CC1CC1)NC(=O)c1cc2cc(F)cc(F)c2[nH]1. The number of aromatic amines is 1. The summed E-state index contributed by atoms with van der Waals surface area (Å²) in [7, 11) is 0. The van der Waals surface area contributed by atoms with Crippen molar-refractivity contribution in [3.8, 4) is 0 Å². The first kappa shape index (κ1) is 37.3. The molecule has 4 amide bonds. The van der Waals surface area contributed by atoms with Gasteiger partial charge in [0.1, 0.15) is 35.0 Å². The van der Waals surface area contributed by atoms with E-state index < -0.39 is 83.5 Å². The van der Waals surface area contributed by atoms with E-state index in [1.54, 1.807) is 34.6 Å². The van der Waals surface area contributed by atoms with Gasteiger partial charge in [0.05, 0.1) is 11.6 Å². The molecule has 13 nitrogen and oxygen atoms in total. The third-order valence-electron chi connectivity index (χ3n) is 8.35. The number of rotatable bonds is 14. The highest BCUT2D eigenvalue weighted by Crippen LogP contribution is 2.34. The summed E-state index contributed by atoms with van der Waals surface area (Å²) in [6, 6.07) is -0.462. The lowest BCUT2D eigenvalue weighted by Gasteiger charge is -2.28. The minimum Gasteiger partial charge on any atom is -0.456 e. The van der Waals surface area contributed by atoms with Gasteiger partial charge < -0.3 is 35.7 Å². The number of Topliss-reactive ketones (excluding diaryl/α,β-unsaturated/α-hetero) is 1. The number of fused-ring (bicyclic) bond motifs is 1. The molecule has 1 aliphatic heterocycles. The third kappa shape index (κ3) is 10.7. The quantitative estimate of drug-likeness (QED) is 0.187. The second kappa shape index (κ2) is 15.8. The number of amides is 4. The summed E-state index contributed by atoms with van der Waals surface area (Å²) in [5.74, 6) is -5.85. The van der Waals surface area contributed by atoms with Gasteiger partial charge in [-0.15, -0.1) is 0 Å². The molecule has 268 valence electrons. The van der Waals surface area contributed by atoms with Crippen molar-refractivity contribution in [3.05, 3.63) is 35.5 Å². The van der Waals surface area contributed by atoms with E-state index in [-0.39, 0.29) is 41.3 Å². The van der Waals surface area contributed by atoms with E-state index in [4.69, 9.17) is 9.47 Å². The summed E-state index contributed by atoms with van der Waals surface area (Å²) in [6.07, 6.45) is 2.16. The lowest BCUT2D eigenvalue weighted by atomic mass is 9.90. The van der Waals surface area contributed by atoms with Crippen LogP contribution >= 0.6 is 0 Å². The van der Waals surface area contributed by atoms with Crippen molar-refractivity contribution in [2.24, 2.45) is 17.8 Å². The summed E-state index contributed by atoms with van der Waals surface area (Å²) in [5, 5.41) is 10.7. The molecule has 49 heavy (non-hydrogen) atoms. The molecule has 2 aromatic rings. The molecule has 1 aromatic heterocycles. The molecule has 0 radical (unpaired) electrons. The molecule has 1 saturated carbocycles. The largest absolute Gasteiger partial charge is 0.456 e. The smallest absolute Gasteiger partial charge is 0.408 e. The van der Waals surface area contributed by atoms with Crippen molar-refractivity contribution < 1.29 is 47.0 Å². The predicted molar refractivity (Wildman–Crippen MR) is 173 cm³/mol. The predicted octanol–water partition coefficient (Wildman–Crippen LogP) is 3.41. The van der Waals surface area contributed by atoms with Gasteiger partial charge in [-0.3, -0.25) is 19.2 Å². The molecular weight excluding hydrogens is 644 g/mol. The number of ketones is 1. The number of H-pyrrole nitrogens is 1. The standard InChI is InChI=1S/C34H45F2N5O8/c1-17(2)27(41-33(47)49-34(3,4)5)32(46)48-16-26(42)23(13-19-7-6-10-37-29(19)43)39-30(44)24(11-18-8-9-18)40-31(45)25-14-20-12-21(35)15-22(36)28(20)38-25/h12,14-15,17-19,23-24,27,38H,6-11,13,16H2,1-5H3,(H,37,43)(H,39,44)(H,40,45)(H,41,47)/t19-,23?,24?,27?/m0/s1. The van der Waals surface area contributed by atoms with Crippen molar-refractivity contribution in [1.82, 2.24) is 26.3 Å². The molecule has 0 spiro atoms. The average Bonchev–Trinajstić information content (AvgIpc) is 3.72. The lowest BCUT2D eigenvalue weighted by Crippen LogP contribution is -2.54. The first-order valence-electron chi connectivity index (χ1n) is 16.6. The molecular formula is C34H45F2N5O8. The van der Waals surface area contributed by atoms with Crippen LogP contribution in [0.2, 0.25) is 0 Å². The van der Waals surface area contributed by atoms with Crippen LogP contribution in [0, 0.1) is 29.4 Å². The van der Waals surface area contributed by atoms with Crippen molar-refractivity contribution in [3.63, 3.8) is 0 Å². The maximum atomic E-state index is 14.3. The van der Waals surface area contributed by atoms with Crippen LogP contribution in [0.15, 0.2) is 18.2 Å². The highest BCUT2D eigenvalue weighted by atomic mass is 19.1. The Balaban J connectivity index is 1.47. The topological polar surface area (TPSA) is 185 Å². The van der Waals surface area contributed by atoms with Gasteiger partial charge in [-0.1, -0.05) is 26.7 Å². The Bertz CT molecular complexity index is 1580. The van der Waals surface area contributed by atoms with E-state index in [0.717, 1.165) is 18.9 Å². The number of alkyl carbamates (subject to hydrolysis) is 1. The summed E-state index contributed by atoms with van der Waals surface area (Å²) >= 11 is 0. The number of esters is 1. The van der Waals surface area contributed by atoms with Gasteiger partial charge in [-0.05, 0) is 70.4 Å². The zero-order valence-electron chi connectivity index (χ0n) is 28.4. The number of halogens is 2. The van der Waals surface area contributed by atoms with Crippen molar-refractivity contribution in [2.75, 3.05) is 13.2 Å². The first-order valence-corrected chi connectivity index (χ1v) is 16.6. The molecule has 2 heterocycles. The maximum Gasteiger partial charge on any atom is 0.408 e. The molecule has 5 N–H and O–H groups in total. The van der Waals surface area contributed by atoms with E-state index in [2.05, 4.69) is 26.3 Å². The van der Waals surface area contributed by atoms with Crippen LogP contribution in [0.4, 0.5) is 13.6 Å². The highest BCUT2D eigenvalue weighted by molar-refractivity contribution is 6.01. The summed E-state index contributed by atoms with van der Waals surface area (Å²) in [5.41, 5.74) is -0.973. The zero-order valence-corrected chi connectivity index (χ0v) is 28.4. The average molecular weight is 690 g/mol. The van der Waals surface area contributed by atoms with Crippen LogP contribution < -0.4 is 21.3 Å². The molecule has 0 bridgehead atoms. The van der Waals surface area contributed by atoms with Gasteiger partial charge in [0.2, 0.25) is 11.8 Å². The Morgan fingerprint density at radius 1 is 0.959 bits per heavy atom. The first-order chi connectivity index (χ1) is 23.0. The maximum absolute atomic E-state index is 14.3. The van der Waals surface area contributed by atoms with E-state index in [9.17, 15) is 37.5 Å². The van der Waals surface area contributed by atoms with Crippen LogP contribution in [0.25, 0.3) is 10.9 Å². The number of nitrogens with one attached hydrogen (secondary N) is 5. The Kier molecular flexibility index (Phi) is 12.0. The van der Waals surface area contributed by atoms with Crippen molar-refractivity contribution in [2.45, 2.75) is 96.9 Å². The minimum absolute atomic E-state index is 0.0679. The summed E-state index contributed by atoms with van der Waals surface area (Å²) in [4.78, 5) is 80.9. The van der Waals surface area contributed by atoms with Gasteiger partial charge in [-0.25, -0.2) is 18.4 Å². The highest BCUT2D eigenvalue weighted by Gasteiger charge is 2.36. The summed E-state index contributed by atoms with van der Waals surface area (Å²) < 4.78 is 38.5. The number of hydrogen-bond donors (Lipinski definition) is 5. The van der Waals surface area contributed by atoms with E-state index in [1.165, 1.54) is 6.07 Å². The molecule has 4 rings (SSSR count).